The predicted molar refractivity (Wildman–Crippen MR) is 97.7 cm³/mol. The minimum absolute atomic E-state index is 0.110. The zero-order valence-electron chi connectivity index (χ0n) is 15.5. The van der Waals surface area contributed by atoms with Crippen LogP contribution in [0.15, 0.2) is 0 Å². The molecule has 0 aromatic heterocycles. The van der Waals surface area contributed by atoms with E-state index in [-0.39, 0.29) is 25.2 Å². The van der Waals surface area contributed by atoms with E-state index in [1.807, 2.05) is 0 Å². The number of carboxylic acids is 2. The lowest BCUT2D eigenvalue weighted by molar-refractivity contribution is -0.152. The largest absolute Gasteiger partial charge is 0.481 e. The number of nitrogens with one attached hydrogen (secondary N) is 2. The van der Waals surface area contributed by atoms with E-state index < -0.39 is 23.4 Å². The number of hydrogen-bond acceptors (Lipinski definition) is 5. The summed E-state index contributed by atoms with van der Waals surface area (Å²) in [5, 5.41) is 24.8. The van der Waals surface area contributed by atoms with Gasteiger partial charge in [0.05, 0.1) is 5.92 Å². The van der Waals surface area contributed by atoms with Gasteiger partial charge < -0.3 is 26.6 Å². The molecule has 0 bridgehead atoms. The third-order valence-electron chi connectivity index (χ3n) is 5.04. The Hall–Kier alpha value is -1.67. The molecule has 26 heavy (non-hydrogen) atoms. The summed E-state index contributed by atoms with van der Waals surface area (Å²) in [5.74, 6) is -2.99. The highest BCUT2D eigenvalue weighted by Gasteiger charge is 2.48. The summed E-state index contributed by atoms with van der Waals surface area (Å²) in [5.41, 5.74) is 4.05. The third kappa shape index (κ3) is 6.92. The number of unbranched alkanes of at least 4 members (excludes halogenated alkanes) is 3. The Morgan fingerprint density at radius 3 is 2.54 bits per heavy atom. The molecule has 1 rings (SSSR count). The summed E-state index contributed by atoms with van der Waals surface area (Å²) in [7, 11) is 0. The molecule has 0 radical (unpaired) electrons. The van der Waals surface area contributed by atoms with Crippen molar-refractivity contribution in [1.29, 1.82) is 0 Å². The van der Waals surface area contributed by atoms with Gasteiger partial charge in [-0.05, 0) is 51.6 Å². The van der Waals surface area contributed by atoms with Crippen LogP contribution in [0.2, 0.25) is 0 Å². The molecule has 1 heterocycles. The number of amides is 1. The summed E-state index contributed by atoms with van der Waals surface area (Å²) in [4.78, 5) is 35.6. The summed E-state index contributed by atoms with van der Waals surface area (Å²) in [6, 6.07) is 0. The highest BCUT2D eigenvalue weighted by Crippen LogP contribution is 2.31. The van der Waals surface area contributed by atoms with Crippen molar-refractivity contribution in [3.63, 3.8) is 0 Å². The van der Waals surface area contributed by atoms with Crippen molar-refractivity contribution >= 4 is 17.8 Å². The molecule has 1 aliphatic heterocycles. The fraction of sp³-hybridized carbons (Fsp3) is 0.833. The molecule has 0 aromatic rings. The maximum atomic E-state index is 12.5. The van der Waals surface area contributed by atoms with Gasteiger partial charge in [0.25, 0.3) is 0 Å². The number of carbonyl (C=O) groups excluding carboxylic acids is 1. The highest BCUT2D eigenvalue weighted by molar-refractivity contribution is 5.90. The quantitative estimate of drug-likeness (QED) is 0.305. The van der Waals surface area contributed by atoms with Gasteiger partial charge in [-0.2, -0.15) is 0 Å². The lowest BCUT2D eigenvalue weighted by Crippen LogP contribution is -2.61. The SMILES string of the molecule is NCCCCCCNC(CCCC(=O)O)(C(=O)O)C1CCCCNC1=O. The van der Waals surface area contributed by atoms with Gasteiger partial charge in [-0.25, -0.2) is 0 Å². The van der Waals surface area contributed by atoms with E-state index in [1.54, 1.807) is 0 Å². The van der Waals surface area contributed by atoms with Crippen molar-refractivity contribution in [1.82, 2.24) is 10.6 Å². The van der Waals surface area contributed by atoms with Crippen molar-refractivity contribution in [2.24, 2.45) is 11.7 Å². The molecule has 1 amide bonds. The highest BCUT2D eigenvalue weighted by atomic mass is 16.4. The van der Waals surface area contributed by atoms with E-state index in [9.17, 15) is 19.5 Å². The topological polar surface area (TPSA) is 142 Å². The summed E-state index contributed by atoms with van der Waals surface area (Å²) >= 11 is 0. The molecule has 1 aliphatic rings. The third-order valence-corrected chi connectivity index (χ3v) is 5.04. The molecule has 0 spiro atoms. The molecule has 2 atom stereocenters. The van der Waals surface area contributed by atoms with Crippen LogP contribution < -0.4 is 16.4 Å². The van der Waals surface area contributed by atoms with Crippen LogP contribution in [-0.2, 0) is 14.4 Å². The average molecular weight is 371 g/mol. The van der Waals surface area contributed by atoms with Crippen molar-refractivity contribution in [3.8, 4) is 0 Å². The molecule has 8 heteroatoms. The summed E-state index contributed by atoms with van der Waals surface area (Å²) in [6.45, 7) is 1.68. The maximum Gasteiger partial charge on any atom is 0.324 e. The average Bonchev–Trinajstić information content (AvgIpc) is 2.80. The van der Waals surface area contributed by atoms with Gasteiger partial charge in [-0.15, -0.1) is 0 Å². The van der Waals surface area contributed by atoms with E-state index in [0.717, 1.165) is 38.5 Å². The first-order chi connectivity index (χ1) is 12.4. The first kappa shape index (κ1) is 22.4. The number of rotatable bonds is 13. The van der Waals surface area contributed by atoms with Gasteiger partial charge in [0.15, 0.2) is 0 Å². The van der Waals surface area contributed by atoms with E-state index in [4.69, 9.17) is 10.8 Å². The second-order valence-electron chi connectivity index (χ2n) is 6.99. The number of carboxylic acid groups (broad SMARTS) is 2. The minimum Gasteiger partial charge on any atom is -0.481 e. The van der Waals surface area contributed by atoms with Crippen LogP contribution in [0.1, 0.15) is 64.2 Å². The molecule has 0 aromatic carbocycles. The summed E-state index contributed by atoms with van der Waals surface area (Å²) in [6.07, 6.45) is 5.97. The second kappa shape index (κ2) is 11.9. The molecule has 0 aliphatic carbocycles. The lowest BCUT2D eigenvalue weighted by atomic mass is 9.76. The Bertz CT molecular complexity index is 472. The number of nitrogens with two attached hydrogens (primary N) is 1. The first-order valence-electron chi connectivity index (χ1n) is 9.62. The number of hydrogen-bond donors (Lipinski definition) is 5. The Morgan fingerprint density at radius 2 is 1.88 bits per heavy atom. The predicted octanol–water partition coefficient (Wildman–Crippen LogP) is 1.09. The van der Waals surface area contributed by atoms with Crippen LogP contribution in [0.3, 0.4) is 0 Å². The number of carbonyl (C=O) groups is 3. The number of aliphatic carboxylic acids is 2. The molecule has 8 nitrogen and oxygen atoms in total. The van der Waals surface area contributed by atoms with Gasteiger partial charge >= 0.3 is 11.9 Å². The maximum absolute atomic E-state index is 12.5. The van der Waals surface area contributed by atoms with Crippen molar-refractivity contribution in [2.45, 2.75) is 69.7 Å². The molecular formula is C18H33N3O5. The fourth-order valence-electron chi connectivity index (χ4n) is 3.58. The molecule has 1 fully saturated rings. The Kier molecular flexibility index (Phi) is 10.2. The Labute approximate surface area is 154 Å². The molecule has 0 saturated carbocycles. The second-order valence-corrected chi connectivity index (χ2v) is 6.99. The molecule has 150 valence electrons. The van der Waals surface area contributed by atoms with E-state index in [1.165, 1.54) is 0 Å². The first-order valence-corrected chi connectivity index (χ1v) is 9.62. The van der Waals surface area contributed by atoms with Crippen LogP contribution in [-0.4, -0.2) is 53.2 Å². The van der Waals surface area contributed by atoms with E-state index in [2.05, 4.69) is 10.6 Å². The standard InChI is InChI=1S/C18H33N3O5/c19-11-4-1-2-5-13-21-18(17(25)26,10-7-9-15(22)23)14-8-3-6-12-20-16(14)24/h14,21H,1-13,19H2,(H,20,24)(H,22,23)(H,25,26). The fourth-order valence-corrected chi connectivity index (χ4v) is 3.58. The van der Waals surface area contributed by atoms with E-state index >= 15 is 0 Å². The molecule has 6 N–H and O–H groups in total. The van der Waals surface area contributed by atoms with Crippen LogP contribution in [0.5, 0.6) is 0 Å². The van der Waals surface area contributed by atoms with Gasteiger partial charge in [0.2, 0.25) is 5.91 Å². The minimum atomic E-state index is -1.42. The Balaban J connectivity index is 2.85. The normalized spacial score (nSPS) is 20.0. The van der Waals surface area contributed by atoms with Gasteiger partial charge in [-0.3, -0.25) is 14.4 Å². The van der Waals surface area contributed by atoms with Crippen LogP contribution in [0.4, 0.5) is 0 Å². The molecule has 2 unspecified atom stereocenters. The van der Waals surface area contributed by atoms with E-state index in [0.29, 0.717) is 26.1 Å². The lowest BCUT2D eigenvalue weighted by Gasteiger charge is -2.37. The summed E-state index contributed by atoms with van der Waals surface area (Å²) < 4.78 is 0. The monoisotopic (exact) mass is 371 g/mol. The van der Waals surface area contributed by atoms with Gasteiger partial charge in [0.1, 0.15) is 5.54 Å². The molecule has 1 saturated heterocycles. The zero-order valence-corrected chi connectivity index (χ0v) is 15.5. The smallest absolute Gasteiger partial charge is 0.324 e. The van der Waals surface area contributed by atoms with Crippen molar-refractivity contribution < 1.29 is 24.6 Å². The van der Waals surface area contributed by atoms with Gasteiger partial charge in [0, 0.05) is 13.0 Å². The van der Waals surface area contributed by atoms with Crippen LogP contribution in [0, 0.1) is 5.92 Å². The van der Waals surface area contributed by atoms with Gasteiger partial charge in [-0.1, -0.05) is 19.3 Å². The van der Waals surface area contributed by atoms with Crippen molar-refractivity contribution in [3.05, 3.63) is 0 Å². The Morgan fingerprint density at radius 1 is 1.15 bits per heavy atom. The van der Waals surface area contributed by atoms with Crippen LogP contribution >= 0.6 is 0 Å². The van der Waals surface area contributed by atoms with Crippen molar-refractivity contribution in [2.75, 3.05) is 19.6 Å². The zero-order chi connectivity index (χ0) is 19.4. The molecular weight excluding hydrogens is 338 g/mol. The van der Waals surface area contributed by atoms with Crippen LogP contribution in [0.25, 0.3) is 0 Å².